The predicted octanol–water partition coefficient (Wildman–Crippen LogP) is 2.17. The summed E-state index contributed by atoms with van der Waals surface area (Å²) in [6.07, 6.45) is 4.81. The van der Waals surface area contributed by atoms with Gasteiger partial charge in [-0.2, -0.15) is 0 Å². The molecule has 3 heterocycles. The molecular weight excluding hydrogens is 230 g/mol. The first kappa shape index (κ1) is 12.2. The summed E-state index contributed by atoms with van der Waals surface area (Å²) < 4.78 is 16.8. The Hall–Kier alpha value is -0.840. The van der Waals surface area contributed by atoms with Crippen LogP contribution in [0.2, 0.25) is 0 Å². The monoisotopic (exact) mass is 251 g/mol. The molecule has 0 radical (unpaired) electrons. The van der Waals surface area contributed by atoms with Gasteiger partial charge in [-0.1, -0.05) is 0 Å². The van der Waals surface area contributed by atoms with Gasteiger partial charge in [0.15, 0.2) is 0 Å². The Bertz CT molecular complexity index is 409. The first-order chi connectivity index (χ1) is 8.69. The fourth-order valence-electron chi connectivity index (χ4n) is 3.15. The van der Waals surface area contributed by atoms with Gasteiger partial charge in [0.05, 0.1) is 18.5 Å². The van der Waals surface area contributed by atoms with Crippen LogP contribution in [0.15, 0.2) is 16.7 Å². The zero-order chi connectivity index (χ0) is 12.6. The first-order valence-corrected chi connectivity index (χ1v) is 6.71. The second kappa shape index (κ2) is 4.68. The lowest BCUT2D eigenvalue weighted by Crippen LogP contribution is -2.43. The summed E-state index contributed by atoms with van der Waals surface area (Å²) in [6, 6.07) is 2.08. The van der Waals surface area contributed by atoms with Crippen molar-refractivity contribution in [1.29, 1.82) is 0 Å². The molecule has 2 aliphatic heterocycles. The van der Waals surface area contributed by atoms with Gasteiger partial charge in [-0.3, -0.25) is 0 Å². The highest BCUT2D eigenvalue weighted by atomic mass is 16.6. The van der Waals surface area contributed by atoms with Crippen molar-refractivity contribution in [2.45, 2.75) is 37.8 Å². The molecule has 0 bridgehead atoms. The first-order valence-electron chi connectivity index (χ1n) is 6.71. The summed E-state index contributed by atoms with van der Waals surface area (Å²) in [5.41, 5.74) is 7.41. The van der Waals surface area contributed by atoms with Crippen LogP contribution < -0.4 is 5.73 Å². The third-order valence-corrected chi connectivity index (χ3v) is 4.24. The number of hydrogen-bond donors (Lipinski definition) is 1. The van der Waals surface area contributed by atoms with Gasteiger partial charge in [-0.25, -0.2) is 0 Å². The number of nitrogens with two attached hydrogens (primary N) is 1. The average Bonchev–Trinajstić information content (AvgIpc) is 2.98. The molecule has 0 aliphatic carbocycles. The van der Waals surface area contributed by atoms with E-state index in [1.807, 2.05) is 13.0 Å². The van der Waals surface area contributed by atoms with Crippen molar-refractivity contribution in [1.82, 2.24) is 0 Å². The summed E-state index contributed by atoms with van der Waals surface area (Å²) in [7, 11) is 0. The maximum atomic E-state index is 6.38. The van der Waals surface area contributed by atoms with Crippen LogP contribution in [0.3, 0.4) is 0 Å². The molecule has 2 saturated heterocycles. The second-order valence-corrected chi connectivity index (χ2v) is 5.60. The van der Waals surface area contributed by atoms with E-state index in [4.69, 9.17) is 19.6 Å². The highest BCUT2D eigenvalue weighted by Gasteiger charge is 2.42. The Morgan fingerprint density at radius 3 is 3.00 bits per heavy atom. The number of furan rings is 1. The van der Waals surface area contributed by atoms with E-state index in [-0.39, 0.29) is 11.6 Å². The second-order valence-electron chi connectivity index (χ2n) is 5.60. The quantitative estimate of drug-likeness (QED) is 0.875. The molecule has 18 heavy (non-hydrogen) atoms. The highest BCUT2D eigenvalue weighted by molar-refractivity contribution is 5.17. The minimum Gasteiger partial charge on any atom is -0.469 e. The average molecular weight is 251 g/mol. The molecule has 2 N–H and O–H groups in total. The Labute approximate surface area is 107 Å². The lowest BCUT2D eigenvalue weighted by molar-refractivity contribution is -0.101. The summed E-state index contributed by atoms with van der Waals surface area (Å²) in [6.45, 7) is 4.28. The number of aryl methyl sites for hydroxylation is 1. The maximum absolute atomic E-state index is 6.38. The Kier molecular flexibility index (Phi) is 3.18. The molecular formula is C14H21NO3. The smallest absolute Gasteiger partial charge is 0.101 e. The van der Waals surface area contributed by atoms with Crippen molar-refractivity contribution in [3.8, 4) is 0 Å². The zero-order valence-corrected chi connectivity index (χ0v) is 10.9. The largest absolute Gasteiger partial charge is 0.469 e. The van der Waals surface area contributed by atoms with E-state index in [0.29, 0.717) is 5.92 Å². The molecule has 0 aromatic carbocycles. The van der Waals surface area contributed by atoms with Crippen molar-refractivity contribution in [2.24, 2.45) is 11.7 Å². The van der Waals surface area contributed by atoms with Gasteiger partial charge in [-0.15, -0.1) is 0 Å². The van der Waals surface area contributed by atoms with Crippen LogP contribution in [-0.2, 0) is 9.47 Å². The van der Waals surface area contributed by atoms with Gasteiger partial charge < -0.3 is 19.6 Å². The number of ether oxygens (including phenoxy) is 2. The minimum absolute atomic E-state index is 0.0452. The molecule has 4 nitrogen and oxygen atoms in total. The van der Waals surface area contributed by atoms with Crippen LogP contribution in [0.25, 0.3) is 0 Å². The predicted molar refractivity (Wildman–Crippen MR) is 67.2 cm³/mol. The third kappa shape index (κ3) is 2.20. The normalized spacial score (nSPS) is 34.0. The van der Waals surface area contributed by atoms with Gasteiger partial charge in [0.2, 0.25) is 0 Å². The molecule has 3 rings (SSSR count). The fraction of sp³-hybridized carbons (Fsp3) is 0.714. The molecule has 0 amide bonds. The molecule has 3 unspecified atom stereocenters. The fourth-order valence-corrected chi connectivity index (χ4v) is 3.15. The molecule has 100 valence electrons. The van der Waals surface area contributed by atoms with E-state index >= 15 is 0 Å². The molecule has 1 aromatic rings. The Morgan fingerprint density at radius 2 is 2.33 bits per heavy atom. The van der Waals surface area contributed by atoms with Crippen molar-refractivity contribution in [3.05, 3.63) is 23.7 Å². The standard InChI is InChI=1S/C14H21NO3/c1-10-6-12(8-17-10)13(15)11-2-4-18-14(7-11)3-5-16-9-14/h6,8,11,13H,2-5,7,9,15H2,1H3. The van der Waals surface area contributed by atoms with E-state index in [0.717, 1.165) is 50.4 Å². The van der Waals surface area contributed by atoms with Crippen LogP contribution in [0, 0.1) is 12.8 Å². The van der Waals surface area contributed by atoms with E-state index in [9.17, 15) is 0 Å². The molecule has 0 saturated carbocycles. The maximum Gasteiger partial charge on any atom is 0.101 e. The molecule has 2 fully saturated rings. The minimum atomic E-state index is -0.0701. The highest BCUT2D eigenvalue weighted by Crippen LogP contribution is 2.40. The van der Waals surface area contributed by atoms with E-state index in [1.165, 1.54) is 0 Å². The number of hydrogen-bond acceptors (Lipinski definition) is 4. The topological polar surface area (TPSA) is 57.6 Å². The summed E-state index contributed by atoms with van der Waals surface area (Å²) in [5.74, 6) is 1.38. The van der Waals surface area contributed by atoms with Gasteiger partial charge >= 0.3 is 0 Å². The molecule has 1 aromatic heterocycles. The van der Waals surface area contributed by atoms with Crippen molar-refractivity contribution in [2.75, 3.05) is 19.8 Å². The zero-order valence-electron chi connectivity index (χ0n) is 10.9. The van der Waals surface area contributed by atoms with Gasteiger partial charge in [0.1, 0.15) is 5.76 Å². The van der Waals surface area contributed by atoms with Gasteiger partial charge in [-0.05, 0) is 31.7 Å². The number of rotatable bonds is 2. The van der Waals surface area contributed by atoms with E-state index < -0.39 is 0 Å². The van der Waals surface area contributed by atoms with Crippen LogP contribution in [0.1, 0.15) is 36.6 Å². The van der Waals surface area contributed by atoms with E-state index in [1.54, 1.807) is 6.26 Å². The summed E-state index contributed by atoms with van der Waals surface area (Å²) >= 11 is 0. The van der Waals surface area contributed by atoms with Gasteiger partial charge in [0.25, 0.3) is 0 Å². The van der Waals surface area contributed by atoms with Crippen LogP contribution in [0.5, 0.6) is 0 Å². The van der Waals surface area contributed by atoms with Gasteiger partial charge in [0, 0.05) is 31.2 Å². The molecule has 4 heteroatoms. The summed E-state index contributed by atoms with van der Waals surface area (Å²) in [4.78, 5) is 0. The SMILES string of the molecule is Cc1cc(C(N)C2CCOC3(CCOC3)C2)co1. The van der Waals surface area contributed by atoms with Crippen molar-refractivity contribution in [3.63, 3.8) is 0 Å². The van der Waals surface area contributed by atoms with Crippen LogP contribution in [-0.4, -0.2) is 25.4 Å². The lowest BCUT2D eigenvalue weighted by Gasteiger charge is -2.39. The van der Waals surface area contributed by atoms with Crippen LogP contribution >= 0.6 is 0 Å². The van der Waals surface area contributed by atoms with E-state index in [2.05, 4.69) is 0 Å². The van der Waals surface area contributed by atoms with Crippen molar-refractivity contribution < 1.29 is 13.9 Å². The van der Waals surface area contributed by atoms with Crippen molar-refractivity contribution >= 4 is 0 Å². The molecule has 2 aliphatic rings. The van der Waals surface area contributed by atoms with Crippen LogP contribution in [0.4, 0.5) is 0 Å². The third-order valence-electron chi connectivity index (χ3n) is 4.24. The molecule has 3 atom stereocenters. The Balaban J connectivity index is 1.72. The summed E-state index contributed by atoms with van der Waals surface area (Å²) in [5, 5.41) is 0. The Morgan fingerprint density at radius 1 is 1.44 bits per heavy atom. The molecule has 1 spiro atoms. The lowest BCUT2D eigenvalue weighted by atomic mass is 9.80.